The van der Waals surface area contributed by atoms with Crippen LogP contribution >= 0.6 is 0 Å². The standard InChI is InChI=1S/C26H29N3O3/c1-18-9-11-20(12-10-18)26(17-25(26,2)3)23(30)28-15-13-21(14-16-28)29-24(31)32-22(27-29)19-7-5-4-6-8-19/h4-12,21H,13-17H2,1-3H3. The Labute approximate surface area is 187 Å². The third kappa shape index (κ3) is 3.29. The van der Waals surface area contributed by atoms with Crippen molar-refractivity contribution in [2.24, 2.45) is 5.41 Å². The highest BCUT2D eigenvalue weighted by atomic mass is 16.4. The summed E-state index contributed by atoms with van der Waals surface area (Å²) < 4.78 is 6.86. The van der Waals surface area contributed by atoms with Crippen LogP contribution in [-0.4, -0.2) is 33.7 Å². The second kappa shape index (κ2) is 7.47. The van der Waals surface area contributed by atoms with Crippen molar-refractivity contribution in [1.82, 2.24) is 14.7 Å². The summed E-state index contributed by atoms with van der Waals surface area (Å²) in [6.07, 6.45) is 2.25. The van der Waals surface area contributed by atoms with Crippen molar-refractivity contribution < 1.29 is 9.21 Å². The Morgan fingerprint density at radius 1 is 1.03 bits per heavy atom. The number of rotatable bonds is 4. The zero-order valence-corrected chi connectivity index (χ0v) is 18.9. The maximum Gasteiger partial charge on any atom is 0.437 e. The molecule has 1 atom stereocenters. The number of nitrogens with zero attached hydrogens (tertiary/aromatic N) is 3. The largest absolute Gasteiger partial charge is 0.437 e. The first-order chi connectivity index (χ1) is 15.3. The fourth-order valence-electron chi connectivity index (χ4n) is 5.24. The lowest BCUT2D eigenvalue weighted by Gasteiger charge is -2.35. The van der Waals surface area contributed by atoms with Crippen LogP contribution in [0.25, 0.3) is 11.5 Å². The molecule has 6 heteroatoms. The summed E-state index contributed by atoms with van der Waals surface area (Å²) in [6.45, 7) is 7.66. The number of likely N-dealkylation sites (tertiary alicyclic amines) is 1. The first-order valence-corrected chi connectivity index (χ1v) is 11.3. The van der Waals surface area contributed by atoms with E-state index in [0.29, 0.717) is 31.8 Å². The lowest BCUT2D eigenvalue weighted by atomic mass is 9.85. The van der Waals surface area contributed by atoms with Crippen molar-refractivity contribution in [3.63, 3.8) is 0 Å². The first-order valence-electron chi connectivity index (χ1n) is 11.3. The SMILES string of the molecule is Cc1ccc(C2(C(=O)N3CCC(n4nc(-c5ccccc5)oc4=O)CC3)CC2(C)C)cc1. The van der Waals surface area contributed by atoms with Gasteiger partial charge in [-0.05, 0) is 49.3 Å². The third-order valence-electron chi connectivity index (χ3n) is 7.33. The smallest absolute Gasteiger partial charge is 0.388 e. The molecule has 1 aliphatic heterocycles. The highest BCUT2D eigenvalue weighted by Crippen LogP contribution is 2.65. The molecule has 6 nitrogen and oxygen atoms in total. The molecule has 1 unspecified atom stereocenters. The Morgan fingerprint density at radius 3 is 2.25 bits per heavy atom. The maximum atomic E-state index is 13.7. The minimum atomic E-state index is -0.446. The van der Waals surface area contributed by atoms with Gasteiger partial charge in [-0.15, -0.1) is 5.10 Å². The Kier molecular flexibility index (Phi) is 4.84. The molecule has 2 heterocycles. The molecule has 3 aromatic rings. The van der Waals surface area contributed by atoms with Crippen LogP contribution in [0.15, 0.2) is 63.8 Å². The molecule has 2 fully saturated rings. The highest BCUT2D eigenvalue weighted by Gasteiger charge is 2.68. The molecule has 166 valence electrons. The fraction of sp³-hybridized carbons (Fsp3) is 0.423. The number of hydrogen-bond acceptors (Lipinski definition) is 4. The van der Waals surface area contributed by atoms with E-state index in [1.54, 1.807) is 0 Å². The normalized spacial score (nSPS) is 22.7. The van der Waals surface area contributed by atoms with E-state index in [2.05, 4.69) is 50.1 Å². The number of piperidine rings is 1. The van der Waals surface area contributed by atoms with Crippen LogP contribution in [0.3, 0.4) is 0 Å². The number of benzene rings is 2. The number of amides is 1. The Morgan fingerprint density at radius 2 is 1.66 bits per heavy atom. The van der Waals surface area contributed by atoms with Gasteiger partial charge < -0.3 is 9.32 Å². The van der Waals surface area contributed by atoms with Gasteiger partial charge in [-0.1, -0.05) is 61.9 Å². The monoisotopic (exact) mass is 431 g/mol. The van der Waals surface area contributed by atoms with Crippen LogP contribution in [-0.2, 0) is 10.2 Å². The van der Waals surface area contributed by atoms with Gasteiger partial charge in [-0.3, -0.25) is 4.79 Å². The summed E-state index contributed by atoms with van der Waals surface area (Å²) in [7, 11) is 0. The van der Waals surface area contributed by atoms with E-state index in [0.717, 1.165) is 17.5 Å². The Bertz CT molecular complexity index is 1190. The molecule has 0 N–H and O–H groups in total. The second-order valence-electron chi connectivity index (χ2n) is 9.84. The molecular weight excluding hydrogens is 402 g/mol. The van der Waals surface area contributed by atoms with E-state index in [-0.39, 0.29) is 17.4 Å². The van der Waals surface area contributed by atoms with E-state index in [1.807, 2.05) is 35.2 Å². The van der Waals surface area contributed by atoms with Crippen molar-refractivity contribution in [1.29, 1.82) is 0 Å². The van der Waals surface area contributed by atoms with Gasteiger partial charge in [-0.25, -0.2) is 4.79 Å². The molecule has 2 aliphatic rings. The third-order valence-corrected chi connectivity index (χ3v) is 7.33. The van der Waals surface area contributed by atoms with Gasteiger partial charge in [-0.2, -0.15) is 4.68 Å². The van der Waals surface area contributed by atoms with Gasteiger partial charge in [0, 0.05) is 18.7 Å². The summed E-state index contributed by atoms with van der Waals surface area (Å²) in [5.41, 5.74) is 2.60. The quantitative estimate of drug-likeness (QED) is 0.616. The van der Waals surface area contributed by atoms with Crippen molar-refractivity contribution in [2.45, 2.75) is 51.5 Å². The Hall–Kier alpha value is -3.15. The van der Waals surface area contributed by atoms with Gasteiger partial charge in [0.1, 0.15) is 0 Å². The van der Waals surface area contributed by atoms with Gasteiger partial charge >= 0.3 is 5.76 Å². The van der Waals surface area contributed by atoms with Crippen LogP contribution in [0.2, 0.25) is 0 Å². The predicted molar refractivity (Wildman–Crippen MR) is 122 cm³/mol. The van der Waals surface area contributed by atoms with Gasteiger partial charge in [0.25, 0.3) is 0 Å². The average Bonchev–Trinajstić information content (AvgIpc) is 3.18. The second-order valence-corrected chi connectivity index (χ2v) is 9.84. The molecule has 2 aromatic carbocycles. The van der Waals surface area contributed by atoms with Crippen LogP contribution in [0.5, 0.6) is 0 Å². The lowest BCUT2D eigenvalue weighted by Crippen LogP contribution is -2.46. The molecule has 0 radical (unpaired) electrons. The van der Waals surface area contributed by atoms with Crippen molar-refractivity contribution in [3.8, 4) is 11.5 Å². The first kappa shape index (κ1) is 20.7. The molecule has 5 rings (SSSR count). The molecule has 1 aromatic heterocycles. The zero-order valence-electron chi connectivity index (χ0n) is 18.9. The molecule has 32 heavy (non-hydrogen) atoms. The summed E-state index contributed by atoms with van der Waals surface area (Å²) in [4.78, 5) is 28.1. The van der Waals surface area contributed by atoms with E-state index in [4.69, 9.17) is 4.42 Å². The minimum absolute atomic E-state index is 0.0518. The molecule has 1 saturated heterocycles. The minimum Gasteiger partial charge on any atom is -0.388 e. The molecular formula is C26H29N3O3. The Balaban J connectivity index is 1.32. The van der Waals surface area contributed by atoms with Crippen LogP contribution < -0.4 is 5.76 Å². The van der Waals surface area contributed by atoms with E-state index in [9.17, 15) is 9.59 Å². The molecule has 1 aliphatic carbocycles. The lowest BCUT2D eigenvalue weighted by molar-refractivity contribution is -0.136. The van der Waals surface area contributed by atoms with Gasteiger partial charge in [0.2, 0.25) is 11.8 Å². The topological polar surface area (TPSA) is 68.3 Å². The number of hydrogen-bond donors (Lipinski definition) is 0. The predicted octanol–water partition coefficient (Wildman–Crippen LogP) is 4.34. The van der Waals surface area contributed by atoms with Crippen molar-refractivity contribution in [2.75, 3.05) is 13.1 Å². The molecule has 1 saturated carbocycles. The fourth-order valence-corrected chi connectivity index (χ4v) is 5.24. The van der Waals surface area contributed by atoms with Crippen LogP contribution in [0, 0.1) is 12.3 Å². The van der Waals surface area contributed by atoms with E-state index >= 15 is 0 Å². The number of aryl methyl sites for hydroxylation is 1. The van der Waals surface area contributed by atoms with Crippen LogP contribution in [0.1, 0.15) is 50.3 Å². The summed E-state index contributed by atoms with van der Waals surface area (Å²) >= 11 is 0. The van der Waals surface area contributed by atoms with Crippen molar-refractivity contribution in [3.05, 3.63) is 76.3 Å². The van der Waals surface area contributed by atoms with Crippen molar-refractivity contribution >= 4 is 5.91 Å². The molecule has 1 amide bonds. The average molecular weight is 432 g/mol. The summed E-state index contributed by atoms with van der Waals surface area (Å²) in [6, 6.07) is 17.8. The number of carbonyl (C=O) groups is 1. The highest BCUT2D eigenvalue weighted by molar-refractivity contribution is 5.93. The summed E-state index contributed by atoms with van der Waals surface area (Å²) in [5, 5.41) is 4.45. The molecule has 0 bridgehead atoms. The van der Waals surface area contributed by atoms with E-state index < -0.39 is 11.2 Å². The molecule has 0 spiro atoms. The van der Waals surface area contributed by atoms with Gasteiger partial charge in [0.05, 0.1) is 11.5 Å². The maximum absolute atomic E-state index is 13.7. The number of aromatic nitrogens is 2. The summed E-state index contributed by atoms with van der Waals surface area (Å²) in [5.74, 6) is 0.113. The number of carbonyl (C=O) groups excluding carboxylic acids is 1. The zero-order chi connectivity index (χ0) is 22.5. The van der Waals surface area contributed by atoms with E-state index in [1.165, 1.54) is 10.2 Å². The van der Waals surface area contributed by atoms with Crippen LogP contribution in [0.4, 0.5) is 0 Å². The van der Waals surface area contributed by atoms with Gasteiger partial charge in [0.15, 0.2) is 0 Å².